The van der Waals surface area contributed by atoms with Gasteiger partial charge in [0.2, 0.25) is 0 Å². The first-order valence-electron chi connectivity index (χ1n) is 13.7. The highest BCUT2D eigenvalue weighted by Gasteiger charge is 2.42. The zero-order chi connectivity index (χ0) is 32.1. The van der Waals surface area contributed by atoms with Crippen molar-refractivity contribution in [1.29, 1.82) is 5.26 Å². The molecular formula is C31H42ClN3O5Si2. The van der Waals surface area contributed by atoms with Crippen LogP contribution in [-0.4, -0.2) is 40.6 Å². The maximum absolute atomic E-state index is 13.2. The molecule has 0 aliphatic carbocycles. The Labute approximate surface area is 257 Å². The minimum atomic E-state index is -2.39. The quantitative estimate of drug-likeness (QED) is 0.181. The number of aromatic nitrogens is 1. The standard InChI is InChI=1S/C31H42ClN3O5Si2/c1-30(2,3)41(8,9)39-24-18-25(40-42(10,11)31(4,5)6)28(32)23(27(24)29(37)38-7)14-12-13-15-26(36)35-22-17-16-21(19-33)34-20-22/h16-18,20H,12,14H2,1-11H3,(H,35,36). The van der Waals surface area contributed by atoms with Crippen molar-refractivity contribution in [2.75, 3.05) is 12.4 Å². The third-order valence-electron chi connectivity index (χ3n) is 7.86. The van der Waals surface area contributed by atoms with E-state index in [2.05, 4.69) is 89.9 Å². The number of hydrogen-bond donors (Lipinski definition) is 1. The summed E-state index contributed by atoms with van der Waals surface area (Å²) in [5.74, 6) is 5.15. The monoisotopic (exact) mass is 627 g/mol. The number of anilines is 1. The van der Waals surface area contributed by atoms with Crippen LogP contribution < -0.4 is 14.2 Å². The van der Waals surface area contributed by atoms with Crippen LogP contribution in [-0.2, 0) is 16.0 Å². The molecule has 8 nitrogen and oxygen atoms in total. The summed E-state index contributed by atoms with van der Waals surface area (Å²) < 4.78 is 18.5. The fourth-order valence-corrected chi connectivity index (χ4v) is 5.64. The maximum atomic E-state index is 13.2. The molecule has 1 aromatic carbocycles. The lowest BCUT2D eigenvalue weighted by molar-refractivity contribution is -0.111. The summed E-state index contributed by atoms with van der Waals surface area (Å²) in [6, 6.07) is 6.73. The van der Waals surface area contributed by atoms with Gasteiger partial charge in [0.05, 0.1) is 24.0 Å². The zero-order valence-electron chi connectivity index (χ0n) is 26.5. The van der Waals surface area contributed by atoms with Crippen molar-refractivity contribution in [3.05, 3.63) is 46.2 Å². The summed E-state index contributed by atoms with van der Waals surface area (Å²) in [6.45, 7) is 21.2. The van der Waals surface area contributed by atoms with E-state index >= 15 is 0 Å². The molecule has 0 aliphatic rings. The van der Waals surface area contributed by atoms with Crippen molar-refractivity contribution in [2.24, 2.45) is 0 Å². The van der Waals surface area contributed by atoms with Gasteiger partial charge < -0.3 is 18.9 Å². The molecule has 2 aromatic rings. The average Bonchev–Trinajstić information content (AvgIpc) is 2.87. The van der Waals surface area contributed by atoms with Crippen LogP contribution >= 0.6 is 11.6 Å². The molecule has 1 heterocycles. The van der Waals surface area contributed by atoms with Crippen LogP contribution in [0.15, 0.2) is 24.4 Å². The van der Waals surface area contributed by atoms with E-state index in [1.165, 1.54) is 19.4 Å². The normalized spacial score (nSPS) is 12.0. The van der Waals surface area contributed by atoms with Crippen molar-refractivity contribution < 1.29 is 23.2 Å². The van der Waals surface area contributed by atoms with E-state index in [-0.39, 0.29) is 34.2 Å². The number of nitrogens with zero attached hydrogens (tertiary/aromatic N) is 2. The molecule has 0 unspecified atom stereocenters. The first-order valence-corrected chi connectivity index (χ1v) is 19.9. The number of nitriles is 1. The summed E-state index contributed by atoms with van der Waals surface area (Å²) in [6.07, 6.45) is 1.87. The van der Waals surface area contributed by atoms with Crippen LogP contribution in [0.2, 0.25) is 41.3 Å². The smallest absolute Gasteiger partial charge is 0.341 e. The van der Waals surface area contributed by atoms with E-state index in [0.717, 1.165) is 0 Å². The predicted octanol–water partition coefficient (Wildman–Crippen LogP) is 7.74. The fraction of sp³-hybridized carbons (Fsp3) is 0.484. The van der Waals surface area contributed by atoms with Crippen LogP contribution in [0.25, 0.3) is 0 Å². The molecule has 0 radical (unpaired) electrons. The number of methoxy groups -OCH3 is 1. The van der Waals surface area contributed by atoms with Crippen molar-refractivity contribution in [2.45, 2.75) is 90.6 Å². The van der Waals surface area contributed by atoms with Crippen molar-refractivity contribution in [3.63, 3.8) is 0 Å². The lowest BCUT2D eigenvalue weighted by Crippen LogP contribution is -2.45. The third kappa shape index (κ3) is 8.60. The molecule has 1 amide bonds. The highest BCUT2D eigenvalue weighted by atomic mass is 35.5. The van der Waals surface area contributed by atoms with Gasteiger partial charge in [0.25, 0.3) is 22.5 Å². The molecule has 1 N–H and O–H groups in total. The summed E-state index contributed by atoms with van der Waals surface area (Å²) in [5.41, 5.74) is 1.41. The lowest BCUT2D eigenvalue weighted by atomic mass is 10.0. The Kier molecular flexibility index (Phi) is 11.1. The van der Waals surface area contributed by atoms with Crippen LogP contribution in [0.1, 0.15) is 69.6 Å². The SMILES string of the molecule is COC(=O)c1c(O[Si](C)(C)C(C)(C)C)cc(O[Si](C)(C)C(C)(C)C)c(Cl)c1CCC#CC(=O)Nc1ccc(C#N)nc1. The van der Waals surface area contributed by atoms with Gasteiger partial charge in [-0.05, 0) is 66.3 Å². The molecule has 226 valence electrons. The number of nitrogens with one attached hydrogen (secondary N) is 1. The van der Waals surface area contributed by atoms with Crippen LogP contribution in [0, 0.1) is 23.2 Å². The molecular weight excluding hydrogens is 586 g/mol. The zero-order valence-corrected chi connectivity index (χ0v) is 29.3. The van der Waals surface area contributed by atoms with Crippen molar-refractivity contribution in [3.8, 4) is 29.4 Å². The highest BCUT2D eigenvalue weighted by molar-refractivity contribution is 6.75. The fourth-order valence-electron chi connectivity index (χ4n) is 3.26. The van der Waals surface area contributed by atoms with Gasteiger partial charge in [0, 0.05) is 12.5 Å². The van der Waals surface area contributed by atoms with Crippen molar-refractivity contribution >= 4 is 45.8 Å². The third-order valence-corrected chi connectivity index (χ3v) is 17.0. The Morgan fingerprint density at radius 3 is 2.05 bits per heavy atom. The van der Waals surface area contributed by atoms with E-state index in [4.69, 9.17) is 30.5 Å². The molecule has 2 rings (SSSR count). The Hall–Kier alpha value is -3.32. The second-order valence-corrected chi connectivity index (χ2v) is 22.9. The van der Waals surface area contributed by atoms with E-state index in [0.29, 0.717) is 27.8 Å². The number of amides is 1. The van der Waals surface area contributed by atoms with Crippen LogP contribution in [0.5, 0.6) is 11.5 Å². The van der Waals surface area contributed by atoms with Gasteiger partial charge in [-0.3, -0.25) is 4.79 Å². The summed E-state index contributed by atoms with van der Waals surface area (Å²) >= 11 is 6.97. The van der Waals surface area contributed by atoms with E-state index in [1.807, 2.05) is 6.07 Å². The first kappa shape index (κ1) is 34.9. The molecule has 1 aromatic heterocycles. The predicted molar refractivity (Wildman–Crippen MR) is 172 cm³/mol. The molecule has 42 heavy (non-hydrogen) atoms. The highest BCUT2D eigenvalue weighted by Crippen LogP contribution is 2.46. The number of carbonyl (C=O) groups is 2. The molecule has 0 saturated heterocycles. The Morgan fingerprint density at radius 1 is 1.00 bits per heavy atom. The van der Waals surface area contributed by atoms with E-state index in [9.17, 15) is 9.59 Å². The molecule has 0 spiro atoms. The number of rotatable bonds is 8. The second-order valence-electron chi connectivity index (χ2n) is 13.1. The van der Waals surface area contributed by atoms with Gasteiger partial charge in [-0.1, -0.05) is 59.1 Å². The number of pyridine rings is 1. The first-order chi connectivity index (χ1) is 19.2. The summed E-state index contributed by atoms with van der Waals surface area (Å²) in [5, 5.41) is 11.6. The number of benzene rings is 1. The number of hydrogen-bond acceptors (Lipinski definition) is 7. The molecule has 0 fully saturated rings. The van der Waals surface area contributed by atoms with Gasteiger partial charge in [-0.25, -0.2) is 9.78 Å². The number of carbonyl (C=O) groups excluding carboxylic acids is 2. The van der Waals surface area contributed by atoms with Crippen molar-refractivity contribution in [1.82, 2.24) is 4.98 Å². The van der Waals surface area contributed by atoms with Gasteiger partial charge in [0.15, 0.2) is 0 Å². The summed E-state index contributed by atoms with van der Waals surface area (Å²) in [7, 11) is -3.39. The average molecular weight is 628 g/mol. The van der Waals surface area contributed by atoms with E-state index in [1.54, 1.807) is 12.1 Å². The number of ether oxygens (including phenoxy) is 1. The largest absolute Gasteiger partial charge is 0.543 e. The summed E-state index contributed by atoms with van der Waals surface area (Å²) in [4.78, 5) is 29.5. The molecule has 11 heteroatoms. The van der Waals surface area contributed by atoms with Gasteiger partial charge in [-0.15, -0.1) is 0 Å². The number of esters is 1. The van der Waals surface area contributed by atoms with Gasteiger partial charge >= 0.3 is 5.97 Å². The maximum Gasteiger partial charge on any atom is 0.341 e. The molecule has 0 saturated carbocycles. The van der Waals surface area contributed by atoms with Crippen LogP contribution in [0.4, 0.5) is 5.69 Å². The second kappa shape index (κ2) is 13.3. The molecule has 0 atom stereocenters. The topological polar surface area (TPSA) is 111 Å². The van der Waals surface area contributed by atoms with E-state index < -0.39 is 28.5 Å². The Bertz CT molecular complexity index is 1420. The Balaban J connectivity index is 2.53. The lowest BCUT2D eigenvalue weighted by Gasteiger charge is -2.39. The van der Waals surface area contributed by atoms with Gasteiger partial charge in [-0.2, -0.15) is 5.26 Å². The van der Waals surface area contributed by atoms with Gasteiger partial charge in [0.1, 0.15) is 28.8 Å². The molecule has 0 bridgehead atoms. The van der Waals surface area contributed by atoms with Crippen LogP contribution in [0.3, 0.4) is 0 Å². The minimum Gasteiger partial charge on any atom is -0.543 e. The molecule has 0 aliphatic heterocycles. The number of halogens is 1. The minimum absolute atomic E-state index is 0.0960. The Morgan fingerprint density at radius 2 is 1.57 bits per heavy atom.